The van der Waals surface area contributed by atoms with Gasteiger partial charge in [0.25, 0.3) is 0 Å². The van der Waals surface area contributed by atoms with Crippen LogP contribution >= 0.6 is 0 Å². The smallest absolute Gasteiger partial charge is 0.344 e. The molecule has 3 rings (SSSR count). The zero-order valence-electron chi connectivity index (χ0n) is 14.9. The van der Waals surface area contributed by atoms with E-state index in [1.54, 1.807) is 0 Å². The molecular weight excluding hydrogens is 400 g/mol. The molecule has 1 amide bonds. The highest BCUT2D eigenvalue weighted by molar-refractivity contribution is 5.77. The summed E-state index contributed by atoms with van der Waals surface area (Å²) in [6, 6.07) is 4.22. The maximum atomic E-state index is 13.4. The van der Waals surface area contributed by atoms with Gasteiger partial charge in [0.1, 0.15) is 0 Å². The SMILES string of the molecule is O=C(CC1CNC1)NC(c1ccc(C(F)(F)F)cc1)c1ncccc1C(F)(F)F. The largest absolute Gasteiger partial charge is 0.418 e. The van der Waals surface area contributed by atoms with Crippen LogP contribution in [0.5, 0.6) is 0 Å². The molecule has 0 spiro atoms. The van der Waals surface area contributed by atoms with Gasteiger partial charge < -0.3 is 10.6 Å². The predicted octanol–water partition coefficient (Wildman–Crippen LogP) is 3.93. The first-order valence-corrected chi connectivity index (χ1v) is 8.75. The fourth-order valence-corrected chi connectivity index (χ4v) is 3.04. The van der Waals surface area contributed by atoms with Crippen LogP contribution in [0, 0.1) is 5.92 Å². The Hall–Kier alpha value is -2.62. The highest BCUT2D eigenvalue weighted by atomic mass is 19.4. The number of hydrogen-bond acceptors (Lipinski definition) is 3. The Labute approximate surface area is 162 Å². The monoisotopic (exact) mass is 417 g/mol. The number of hydrogen-bond donors (Lipinski definition) is 2. The summed E-state index contributed by atoms with van der Waals surface area (Å²) in [7, 11) is 0. The fourth-order valence-electron chi connectivity index (χ4n) is 3.04. The van der Waals surface area contributed by atoms with E-state index in [0.717, 1.165) is 42.6 Å². The van der Waals surface area contributed by atoms with Gasteiger partial charge in [0.05, 0.1) is 22.9 Å². The number of nitrogens with one attached hydrogen (secondary N) is 2. The average Bonchev–Trinajstić information content (AvgIpc) is 2.61. The molecule has 0 radical (unpaired) electrons. The zero-order chi connectivity index (χ0) is 21.2. The highest BCUT2D eigenvalue weighted by Crippen LogP contribution is 2.36. The van der Waals surface area contributed by atoms with E-state index in [4.69, 9.17) is 0 Å². The van der Waals surface area contributed by atoms with Gasteiger partial charge in [-0.2, -0.15) is 26.3 Å². The zero-order valence-corrected chi connectivity index (χ0v) is 14.9. The second-order valence-electron chi connectivity index (χ2n) is 6.78. The van der Waals surface area contributed by atoms with Crippen LogP contribution in [0.15, 0.2) is 42.6 Å². The molecule has 4 nitrogen and oxygen atoms in total. The quantitative estimate of drug-likeness (QED) is 0.725. The lowest BCUT2D eigenvalue weighted by atomic mass is 9.95. The first-order valence-electron chi connectivity index (χ1n) is 8.75. The van der Waals surface area contributed by atoms with Gasteiger partial charge in [0.15, 0.2) is 0 Å². The van der Waals surface area contributed by atoms with Crippen LogP contribution < -0.4 is 10.6 Å². The first-order chi connectivity index (χ1) is 13.6. The number of benzene rings is 1. The second-order valence-corrected chi connectivity index (χ2v) is 6.78. The average molecular weight is 417 g/mol. The fraction of sp³-hybridized carbons (Fsp3) is 0.368. The molecule has 2 aromatic rings. The van der Waals surface area contributed by atoms with Gasteiger partial charge >= 0.3 is 12.4 Å². The van der Waals surface area contributed by atoms with Gasteiger partial charge in [-0.1, -0.05) is 12.1 Å². The standard InChI is InChI=1S/C19H17F6N3O/c20-18(21,22)13-5-3-12(4-6-13)16(28-15(29)8-11-9-26-10-11)17-14(19(23,24)25)2-1-7-27-17/h1-7,11,16,26H,8-10H2,(H,28,29). The van der Waals surface area contributed by atoms with E-state index in [0.29, 0.717) is 13.1 Å². The van der Waals surface area contributed by atoms with E-state index < -0.39 is 41.1 Å². The molecule has 2 heterocycles. The topological polar surface area (TPSA) is 54.0 Å². The Morgan fingerprint density at radius 3 is 2.24 bits per heavy atom. The molecular formula is C19H17F6N3O. The van der Waals surface area contributed by atoms with Gasteiger partial charge in [0, 0.05) is 12.6 Å². The van der Waals surface area contributed by atoms with Gasteiger partial charge in [0.2, 0.25) is 5.91 Å². The maximum absolute atomic E-state index is 13.4. The summed E-state index contributed by atoms with van der Waals surface area (Å²) in [6.07, 6.45) is -8.09. The number of carbonyl (C=O) groups excluding carboxylic acids is 1. The summed E-state index contributed by atoms with van der Waals surface area (Å²) >= 11 is 0. The van der Waals surface area contributed by atoms with Crippen molar-refractivity contribution in [2.75, 3.05) is 13.1 Å². The number of pyridine rings is 1. The second kappa shape index (κ2) is 8.02. The molecule has 1 aromatic carbocycles. The molecule has 1 aliphatic rings. The molecule has 10 heteroatoms. The molecule has 29 heavy (non-hydrogen) atoms. The minimum absolute atomic E-state index is 0.0640. The third kappa shape index (κ3) is 5.06. The number of halogens is 6. The summed E-state index contributed by atoms with van der Waals surface area (Å²) in [5.74, 6) is -0.436. The van der Waals surface area contributed by atoms with E-state index in [1.165, 1.54) is 0 Å². The number of amides is 1. The lowest BCUT2D eigenvalue weighted by Gasteiger charge is -2.28. The molecule has 1 unspecified atom stereocenters. The molecule has 1 saturated heterocycles. The van der Waals surface area contributed by atoms with Crippen molar-refractivity contribution in [2.45, 2.75) is 24.8 Å². The predicted molar refractivity (Wildman–Crippen MR) is 91.6 cm³/mol. The summed E-state index contributed by atoms with van der Waals surface area (Å²) in [6.45, 7) is 1.24. The van der Waals surface area contributed by atoms with Crippen molar-refractivity contribution in [1.82, 2.24) is 15.6 Å². The van der Waals surface area contributed by atoms with Crippen molar-refractivity contribution in [2.24, 2.45) is 5.92 Å². The minimum Gasteiger partial charge on any atom is -0.344 e. The molecule has 0 bridgehead atoms. The molecule has 0 saturated carbocycles. The van der Waals surface area contributed by atoms with Crippen molar-refractivity contribution < 1.29 is 31.1 Å². The Morgan fingerprint density at radius 2 is 1.72 bits per heavy atom. The normalized spacial score (nSPS) is 16.2. The summed E-state index contributed by atoms with van der Waals surface area (Å²) in [5, 5.41) is 5.49. The third-order valence-electron chi connectivity index (χ3n) is 4.63. The lowest BCUT2D eigenvalue weighted by Crippen LogP contribution is -2.45. The molecule has 1 atom stereocenters. The van der Waals surface area contributed by atoms with Crippen LogP contribution in [0.1, 0.15) is 34.8 Å². The van der Waals surface area contributed by atoms with Gasteiger partial charge in [-0.25, -0.2) is 0 Å². The van der Waals surface area contributed by atoms with Crippen LogP contribution in [0.3, 0.4) is 0 Å². The van der Waals surface area contributed by atoms with Gasteiger partial charge in [-0.3, -0.25) is 9.78 Å². The van der Waals surface area contributed by atoms with E-state index >= 15 is 0 Å². The molecule has 0 aliphatic carbocycles. The Kier molecular flexibility index (Phi) is 5.83. The number of nitrogens with zero attached hydrogens (tertiary/aromatic N) is 1. The van der Waals surface area contributed by atoms with Crippen molar-refractivity contribution in [3.8, 4) is 0 Å². The first kappa shape index (κ1) is 21.1. The summed E-state index contributed by atoms with van der Waals surface area (Å²) in [4.78, 5) is 16.2. The van der Waals surface area contributed by atoms with E-state index in [2.05, 4.69) is 15.6 Å². The van der Waals surface area contributed by atoms with E-state index in [9.17, 15) is 31.1 Å². The van der Waals surface area contributed by atoms with Gasteiger partial charge in [-0.05, 0) is 48.8 Å². The molecule has 156 valence electrons. The van der Waals surface area contributed by atoms with Crippen LogP contribution in [-0.2, 0) is 17.1 Å². The number of aromatic nitrogens is 1. The van der Waals surface area contributed by atoms with Crippen molar-refractivity contribution in [3.63, 3.8) is 0 Å². The van der Waals surface area contributed by atoms with Crippen LogP contribution in [0.4, 0.5) is 26.3 Å². The van der Waals surface area contributed by atoms with Crippen LogP contribution in [0.25, 0.3) is 0 Å². The van der Waals surface area contributed by atoms with Crippen molar-refractivity contribution in [1.29, 1.82) is 0 Å². The maximum Gasteiger partial charge on any atom is 0.418 e. The lowest BCUT2D eigenvalue weighted by molar-refractivity contribution is -0.139. The Morgan fingerprint density at radius 1 is 1.07 bits per heavy atom. The Bertz CT molecular complexity index is 859. The van der Waals surface area contributed by atoms with Crippen molar-refractivity contribution >= 4 is 5.91 Å². The van der Waals surface area contributed by atoms with E-state index in [1.807, 2.05) is 0 Å². The Balaban J connectivity index is 1.97. The molecule has 1 aromatic heterocycles. The molecule has 1 aliphatic heterocycles. The third-order valence-corrected chi connectivity index (χ3v) is 4.63. The highest BCUT2D eigenvalue weighted by Gasteiger charge is 2.37. The number of carbonyl (C=O) groups is 1. The summed E-state index contributed by atoms with van der Waals surface area (Å²) < 4.78 is 78.8. The summed E-state index contributed by atoms with van der Waals surface area (Å²) in [5.41, 5.74) is -2.40. The number of alkyl halides is 6. The molecule has 2 N–H and O–H groups in total. The van der Waals surface area contributed by atoms with Crippen LogP contribution in [0.2, 0.25) is 0 Å². The van der Waals surface area contributed by atoms with E-state index in [-0.39, 0.29) is 17.9 Å². The number of rotatable bonds is 5. The molecule has 1 fully saturated rings. The van der Waals surface area contributed by atoms with Crippen molar-refractivity contribution in [3.05, 3.63) is 65.0 Å². The minimum atomic E-state index is -4.74. The van der Waals surface area contributed by atoms with Crippen LogP contribution in [-0.4, -0.2) is 24.0 Å². The van der Waals surface area contributed by atoms with Gasteiger partial charge in [-0.15, -0.1) is 0 Å².